The third-order valence-corrected chi connectivity index (χ3v) is 1.80. The van der Waals surface area contributed by atoms with Crippen LogP contribution in [-0.2, 0) is 6.37 Å². The lowest BCUT2D eigenvalue weighted by Gasteiger charge is -1.93. The largest absolute Gasteiger partial charge is 0.361 e. The van der Waals surface area contributed by atoms with Crippen molar-refractivity contribution in [2.75, 3.05) is 6.50 Å². The highest BCUT2D eigenvalue weighted by Crippen LogP contribution is 2.17. The lowest BCUT2D eigenvalue weighted by atomic mass is 10.1. The predicted molar refractivity (Wildman–Crippen MR) is 58.3 cm³/mol. The molecule has 0 saturated heterocycles. The van der Waals surface area contributed by atoms with Crippen LogP contribution in [0.2, 0.25) is 0 Å². The second-order valence-electron chi connectivity index (χ2n) is 2.52. The van der Waals surface area contributed by atoms with Crippen LogP contribution < -0.4 is 5.73 Å². The molecule has 0 saturated carbocycles. The molecule has 70 valence electrons. The number of hydrogen-bond donors (Lipinski definition) is 2. The van der Waals surface area contributed by atoms with Crippen LogP contribution in [0.1, 0.15) is 11.0 Å². The Labute approximate surface area is 89.2 Å². The monoisotopic (exact) mass is 200 g/mol. The van der Waals surface area contributed by atoms with E-state index < -0.39 is 12.9 Å². The number of benzene rings is 1. The van der Waals surface area contributed by atoms with Crippen molar-refractivity contribution in [1.82, 2.24) is 4.98 Å². The first-order chi connectivity index (χ1) is 7.34. The van der Waals surface area contributed by atoms with Crippen LogP contribution in [0.15, 0.2) is 30.5 Å². The quantitative estimate of drug-likeness (QED) is 0.766. The van der Waals surface area contributed by atoms with E-state index in [1.807, 2.05) is 6.07 Å². The van der Waals surface area contributed by atoms with Gasteiger partial charge in [0.2, 0.25) is 0 Å². The third-order valence-electron chi connectivity index (χ3n) is 1.80. The highest BCUT2D eigenvalue weighted by Gasteiger charge is 1.99. The molecule has 0 spiro atoms. The molecule has 1 aromatic heterocycles. The summed E-state index contributed by atoms with van der Waals surface area (Å²) in [6.07, 6.45) is -0.762. The summed E-state index contributed by atoms with van der Waals surface area (Å²) < 4.78 is 30.2. The minimum Gasteiger partial charge on any atom is -0.361 e. The van der Waals surface area contributed by atoms with E-state index >= 15 is 0 Å². The maximum Gasteiger partial charge on any atom is 0.0456 e. The van der Waals surface area contributed by atoms with Crippen LogP contribution in [0.25, 0.3) is 10.9 Å². The first kappa shape index (κ1) is 5.68. The number of para-hydroxylation sites is 1. The number of aromatic amines is 1. The molecule has 1 heterocycles. The molecule has 0 bridgehead atoms. The molecular weight excluding hydrogens is 184 g/mol. The van der Waals surface area contributed by atoms with Crippen LogP contribution in [0.3, 0.4) is 0 Å². The van der Waals surface area contributed by atoms with E-state index in [2.05, 4.69) is 4.98 Å². The molecule has 2 aromatic rings. The molecule has 3 N–H and O–H groups in total. The van der Waals surface area contributed by atoms with Crippen molar-refractivity contribution in [3.63, 3.8) is 0 Å². The van der Waals surface area contributed by atoms with Gasteiger partial charge >= 0.3 is 0 Å². The van der Waals surface area contributed by atoms with Crippen molar-refractivity contribution in [3.05, 3.63) is 36.0 Å². The number of aromatic nitrogens is 1. The van der Waals surface area contributed by atoms with Gasteiger partial charge in [-0.25, -0.2) is 0 Å². The molecule has 2 nitrogen and oxygen atoms in total. The number of halogens is 1. The number of nitrogens with one attached hydrogen (secondary N) is 1. The first-order valence-electron chi connectivity index (χ1n) is 5.69. The summed E-state index contributed by atoms with van der Waals surface area (Å²) in [5.74, 6) is 0. The summed E-state index contributed by atoms with van der Waals surface area (Å²) in [5.41, 5.74) is 6.25. The Morgan fingerprint density at radius 3 is 2.92 bits per heavy atom. The predicted octanol–water partition coefficient (Wildman–Crippen LogP) is 2.09. The Hall–Kier alpha value is -0.990. The van der Waals surface area contributed by atoms with Crippen molar-refractivity contribution < 1.29 is 5.48 Å². The maximum atomic E-state index is 7.76. The average molecular weight is 201 g/mol. The Balaban J connectivity index is 0.00000144. The van der Waals surface area contributed by atoms with Gasteiger partial charge in [0.1, 0.15) is 0 Å². The van der Waals surface area contributed by atoms with E-state index in [9.17, 15) is 0 Å². The van der Waals surface area contributed by atoms with Crippen molar-refractivity contribution in [2.24, 2.45) is 5.73 Å². The van der Waals surface area contributed by atoms with Crippen LogP contribution in [0, 0.1) is 0 Å². The Morgan fingerprint density at radius 1 is 1.38 bits per heavy atom. The molecule has 3 heteroatoms. The van der Waals surface area contributed by atoms with Gasteiger partial charge in [-0.15, -0.1) is 12.4 Å². The number of fused-ring (bicyclic) bond motifs is 1. The zero-order chi connectivity index (χ0) is 12.0. The Kier molecular flexibility index (Phi) is 1.88. The Bertz CT molecular complexity index is 518. The number of aryl methyl sites for hydroxylation is 1. The van der Waals surface area contributed by atoms with E-state index in [0.717, 1.165) is 5.52 Å². The van der Waals surface area contributed by atoms with Gasteiger partial charge in [0.05, 0.1) is 0 Å². The number of nitrogens with two attached hydrogens (primary N) is 1. The fourth-order valence-corrected chi connectivity index (χ4v) is 1.25. The smallest absolute Gasteiger partial charge is 0.0456 e. The van der Waals surface area contributed by atoms with Gasteiger partial charge in [-0.05, 0) is 24.5 Å². The van der Waals surface area contributed by atoms with Gasteiger partial charge in [0, 0.05) is 22.6 Å². The van der Waals surface area contributed by atoms with E-state index in [1.165, 1.54) is 6.20 Å². The molecule has 13 heavy (non-hydrogen) atoms. The molecule has 0 aliphatic carbocycles. The highest BCUT2D eigenvalue weighted by molar-refractivity contribution is 5.85. The Morgan fingerprint density at radius 2 is 2.15 bits per heavy atom. The summed E-state index contributed by atoms with van der Waals surface area (Å²) in [4.78, 5) is 2.90. The van der Waals surface area contributed by atoms with E-state index in [4.69, 9.17) is 11.2 Å². The topological polar surface area (TPSA) is 41.8 Å². The third kappa shape index (κ3) is 1.85. The second-order valence-corrected chi connectivity index (χ2v) is 2.52. The standard InChI is InChI=1S/C10H12N2.ClH/c11-6-5-8-7-12-10-4-2-1-3-9(8)10;/h1-4,7,12H,5-6,11H2;1H/i5D2,6D2;. The summed E-state index contributed by atoms with van der Waals surface area (Å²) >= 11 is 0. The van der Waals surface area contributed by atoms with E-state index in [1.54, 1.807) is 18.2 Å². The van der Waals surface area contributed by atoms with Crippen LogP contribution in [-0.4, -0.2) is 11.5 Å². The van der Waals surface area contributed by atoms with Crippen LogP contribution >= 0.6 is 12.4 Å². The maximum absolute atomic E-state index is 7.76. The zero-order valence-corrected chi connectivity index (χ0v) is 7.69. The number of hydrogen-bond acceptors (Lipinski definition) is 1. The van der Waals surface area contributed by atoms with Gasteiger partial charge < -0.3 is 10.7 Å². The summed E-state index contributed by atoms with van der Waals surface area (Å²) in [6, 6.07) is 7.16. The SMILES string of the molecule is Cl.[2H]C([2H])(N)C([2H])([2H])c1c[nH]c2ccccc12. The molecule has 0 amide bonds. The molecule has 0 atom stereocenters. The van der Waals surface area contributed by atoms with Crippen molar-refractivity contribution in [1.29, 1.82) is 0 Å². The molecule has 0 aliphatic rings. The minimum atomic E-state index is -2.42. The normalized spacial score (nSPS) is 16.7. The van der Waals surface area contributed by atoms with Gasteiger partial charge in [-0.1, -0.05) is 18.2 Å². The van der Waals surface area contributed by atoms with Gasteiger partial charge in [-0.3, -0.25) is 0 Å². The van der Waals surface area contributed by atoms with Crippen LogP contribution in [0.4, 0.5) is 0 Å². The van der Waals surface area contributed by atoms with Crippen molar-refractivity contribution >= 4 is 23.3 Å². The summed E-state index contributed by atoms with van der Waals surface area (Å²) in [6.45, 7) is -2.42. The number of H-pyrrole nitrogens is 1. The lowest BCUT2D eigenvalue weighted by molar-refractivity contribution is 0.976. The molecule has 2 rings (SSSR count). The van der Waals surface area contributed by atoms with Gasteiger partial charge in [0.15, 0.2) is 0 Å². The first-order valence-corrected chi connectivity index (χ1v) is 3.69. The van der Waals surface area contributed by atoms with Crippen molar-refractivity contribution in [2.45, 2.75) is 6.37 Å². The van der Waals surface area contributed by atoms with E-state index in [0.29, 0.717) is 5.39 Å². The molecule has 0 radical (unpaired) electrons. The molecule has 1 aromatic carbocycles. The summed E-state index contributed by atoms with van der Waals surface area (Å²) in [5, 5.41) is 0.654. The fourth-order valence-electron chi connectivity index (χ4n) is 1.25. The molecule has 0 unspecified atom stereocenters. The lowest BCUT2D eigenvalue weighted by Crippen LogP contribution is -2.01. The van der Waals surface area contributed by atoms with Gasteiger partial charge in [0.25, 0.3) is 0 Å². The second kappa shape index (κ2) is 4.30. The van der Waals surface area contributed by atoms with Gasteiger partial charge in [-0.2, -0.15) is 0 Å². The van der Waals surface area contributed by atoms with Crippen molar-refractivity contribution in [3.8, 4) is 0 Å². The average Bonchev–Trinajstić information content (AvgIpc) is 2.59. The molecular formula is C10H13ClN2. The highest BCUT2D eigenvalue weighted by atomic mass is 35.5. The zero-order valence-electron chi connectivity index (χ0n) is 10.9. The van der Waals surface area contributed by atoms with E-state index in [-0.39, 0.29) is 18.0 Å². The minimum absolute atomic E-state index is 0. The molecule has 0 fully saturated rings. The van der Waals surface area contributed by atoms with Crippen LogP contribution in [0.5, 0.6) is 0 Å². The molecule has 0 aliphatic heterocycles. The number of rotatable bonds is 2. The summed E-state index contributed by atoms with van der Waals surface area (Å²) in [7, 11) is 0. The fraction of sp³-hybridized carbons (Fsp3) is 0.200.